The highest BCUT2D eigenvalue weighted by Crippen LogP contribution is 2.31. The normalized spacial score (nSPS) is 15.1. The molecule has 136 valence electrons. The first-order chi connectivity index (χ1) is 12.2. The lowest BCUT2D eigenvalue weighted by Crippen LogP contribution is -2.33. The third-order valence-corrected chi connectivity index (χ3v) is 3.91. The summed E-state index contributed by atoms with van der Waals surface area (Å²) in [5, 5.41) is 0. The highest BCUT2D eigenvalue weighted by Gasteiger charge is 2.39. The molecule has 0 spiro atoms. The maximum absolute atomic E-state index is 13.0. The molecule has 0 radical (unpaired) electrons. The average molecular weight is 367 g/mol. The highest BCUT2D eigenvalue weighted by atomic mass is 19.4. The lowest BCUT2D eigenvalue weighted by molar-refractivity contribution is -0.141. The number of hydrogen-bond donors (Lipinski definition) is 0. The average Bonchev–Trinajstić information content (AvgIpc) is 2.83. The Morgan fingerprint density at radius 3 is 2.31 bits per heavy atom. The van der Waals surface area contributed by atoms with Crippen LogP contribution in [-0.2, 0) is 17.5 Å². The first-order valence-corrected chi connectivity index (χ1v) is 7.58. The predicted molar refractivity (Wildman–Crippen MR) is 83.7 cm³/mol. The minimum absolute atomic E-state index is 0.00889. The van der Waals surface area contributed by atoms with Crippen LogP contribution >= 0.6 is 0 Å². The Balaban J connectivity index is 1.84. The summed E-state index contributed by atoms with van der Waals surface area (Å²) in [6.45, 7) is 1.15. The van der Waals surface area contributed by atoms with Gasteiger partial charge in [0.05, 0.1) is 11.4 Å². The third kappa shape index (κ3) is 3.37. The van der Waals surface area contributed by atoms with E-state index in [2.05, 4.69) is 4.98 Å². The van der Waals surface area contributed by atoms with Crippen molar-refractivity contribution in [2.45, 2.75) is 19.6 Å². The van der Waals surface area contributed by atoms with Crippen molar-refractivity contribution in [3.8, 4) is 0 Å². The Labute approximate surface area is 145 Å². The second-order valence-electron chi connectivity index (χ2n) is 5.79. The molecular formula is C17H13F4N3O2. The molecule has 0 unspecified atom stereocenters. The number of alkyl halides is 3. The molecule has 0 aliphatic carbocycles. The molecule has 1 fully saturated rings. The number of halogens is 4. The van der Waals surface area contributed by atoms with Crippen LogP contribution in [0.15, 0.2) is 36.4 Å². The van der Waals surface area contributed by atoms with Gasteiger partial charge < -0.3 is 4.90 Å². The van der Waals surface area contributed by atoms with Crippen molar-refractivity contribution in [1.29, 1.82) is 0 Å². The first-order valence-electron chi connectivity index (χ1n) is 7.58. The van der Waals surface area contributed by atoms with Gasteiger partial charge in [0.25, 0.3) is 5.91 Å². The van der Waals surface area contributed by atoms with Crippen molar-refractivity contribution < 1.29 is 27.2 Å². The maximum Gasteiger partial charge on any atom is 0.433 e. The molecule has 1 aromatic heterocycles. The molecule has 3 amide bonds. The summed E-state index contributed by atoms with van der Waals surface area (Å²) in [5.41, 5.74) is -0.544. The monoisotopic (exact) mass is 367 g/mol. The van der Waals surface area contributed by atoms with Crippen LogP contribution in [0.5, 0.6) is 0 Å². The fourth-order valence-corrected chi connectivity index (χ4v) is 2.67. The standard InChI is InChI=1S/C17H13F4N3O2/c1-10-13(6-7-14(22-10)17(19,20)21)24-15(25)9-23(16(24)26)8-11-2-4-12(18)5-3-11/h2-7H,8-9H2,1H3. The van der Waals surface area contributed by atoms with Crippen molar-refractivity contribution in [2.75, 3.05) is 11.4 Å². The second-order valence-corrected chi connectivity index (χ2v) is 5.79. The number of urea groups is 1. The predicted octanol–water partition coefficient (Wildman–Crippen LogP) is 3.52. The van der Waals surface area contributed by atoms with Gasteiger partial charge in [-0.15, -0.1) is 0 Å². The zero-order valence-electron chi connectivity index (χ0n) is 13.5. The summed E-state index contributed by atoms with van der Waals surface area (Å²) in [6, 6.07) is 6.57. The molecule has 9 heteroatoms. The van der Waals surface area contributed by atoms with Crippen LogP contribution in [0.25, 0.3) is 0 Å². The van der Waals surface area contributed by atoms with Crippen LogP contribution in [0, 0.1) is 12.7 Å². The number of hydrogen-bond acceptors (Lipinski definition) is 3. The summed E-state index contributed by atoms with van der Waals surface area (Å²) >= 11 is 0. The second kappa shape index (κ2) is 6.40. The number of aryl methyl sites for hydroxylation is 1. The van der Waals surface area contributed by atoms with Crippen LogP contribution < -0.4 is 4.90 Å². The zero-order valence-corrected chi connectivity index (χ0v) is 13.5. The molecule has 1 saturated heterocycles. The SMILES string of the molecule is Cc1nc(C(F)(F)F)ccc1N1C(=O)CN(Cc2ccc(F)cc2)C1=O. The number of imide groups is 1. The van der Waals surface area contributed by atoms with Crippen molar-refractivity contribution in [1.82, 2.24) is 9.88 Å². The van der Waals surface area contributed by atoms with Crippen LogP contribution in [-0.4, -0.2) is 28.4 Å². The van der Waals surface area contributed by atoms with E-state index in [1.165, 1.54) is 36.1 Å². The van der Waals surface area contributed by atoms with Crippen LogP contribution in [0.3, 0.4) is 0 Å². The van der Waals surface area contributed by atoms with E-state index in [1.54, 1.807) is 0 Å². The number of aromatic nitrogens is 1. The Hall–Kier alpha value is -2.97. The minimum atomic E-state index is -4.61. The van der Waals surface area contributed by atoms with Gasteiger partial charge in [-0.2, -0.15) is 13.2 Å². The molecule has 5 nitrogen and oxygen atoms in total. The third-order valence-electron chi connectivity index (χ3n) is 3.91. The van der Waals surface area contributed by atoms with E-state index in [9.17, 15) is 27.2 Å². The summed E-state index contributed by atoms with van der Waals surface area (Å²) < 4.78 is 51.1. The number of amides is 3. The lowest BCUT2D eigenvalue weighted by atomic mass is 10.2. The van der Waals surface area contributed by atoms with Gasteiger partial charge in [0.1, 0.15) is 18.1 Å². The van der Waals surface area contributed by atoms with E-state index in [0.717, 1.165) is 17.0 Å². The fourth-order valence-electron chi connectivity index (χ4n) is 2.67. The quantitative estimate of drug-likeness (QED) is 0.616. The summed E-state index contributed by atoms with van der Waals surface area (Å²) in [6.07, 6.45) is -4.61. The molecule has 0 saturated carbocycles. The Morgan fingerprint density at radius 1 is 1.08 bits per heavy atom. The minimum Gasteiger partial charge on any atom is -0.310 e. The summed E-state index contributed by atoms with van der Waals surface area (Å²) in [7, 11) is 0. The van der Waals surface area contributed by atoms with Gasteiger partial charge in [-0.05, 0) is 36.8 Å². The molecule has 1 aromatic carbocycles. The lowest BCUT2D eigenvalue weighted by Gasteiger charge is -2.19. The van der Waals surface area contributed by atoms with Gasteiger partial charge in [-0.3, -0.25) is 4.79 Å². The van der Waals surface area contributed by atoms with Gasteiger partial charge in [0.15, 0.2) is 0 Å². The molecular weight excluding hydrogens is 354 g/mol. The Bertz CT molecular complexity index is 865. The topological polar surface area (TPSA) is 53.5 Å². The van der Waals surface area contributed by atoms with Crippen LogP contribution in [0.2, 0.25) is 0 Å². The summed E-state index contributed by atoms with van der Waals surface area (Å²) in [4.78, 5) is 30.2. The van der Waals surface area contributed by atoms with Crippen molar-refractivity contribution in [3.05, 3.63) is 59.2 Å². The van der Waals surface area contributed by atoms with E-state index in [1.807, 2.05) is 0 Å². The number of carbonyl (C=O) groups excluding carboxylic acids is 2. The van der Waals surface area contributed by atoms with Crippen LogP contribution in [0.4, 0.5) is 28.0 Å². The zero-order chi connectivity index (χ0) is 19.1. The Morgan fingerprint density at radius 2 is 1.73 bits per heavy atom. The molecule has 0 bridgehead atoms. The largest absolute Gasteiger partial charge is 0.433 e. The number of anilines is 1. The molecule has 3 rings (SSSR count). The van der Waals surface area contributed by atoms with Crippen molar-refractivity contribution in [3.63, 3.8) is 0 Å². The van der Waals surface area contributed by atoms with E-state index in [4.69, 9.17) is 0 Å². The van der Waals surface area contributed by atoms with E-state index >= 15 is 0 Å². The van der Waals surface area contributed by atoms with E-state index in [-0.39, 0.29) is 24.5 Å². The number of rotatable bonds is 3. The van der Waals surface area contributed by atoms with Crippen molar-refractivity contribution >= 4 is 17.6 Å². The van der Waals surface area contributed by atoms with Crippen LogP contribution in [0.1, 0.15) is 17.0 Å². The number of benzene rings is 1. The van der Waals surface area contributed by atoms with E-state index in [0.29, 0.717) is 5.56 Å². The smallest absolute Gasteiger partial charge is 0.310 e. The molecule has 1 aliphatic heterocycles. The van der Waals surface area contributed by atoms with Gasteiger partial charge in [0.2, 0.25) is 0 Å². The molecule has 26 heavy (non-hydrogen) atoms. The number of nitrogens with zero attached hydrogens (tertiary/aromatic N) is 3. The van der Waals surface area contributed by atoms with Gasteiger partial charge in [0, 0.05) is 6.54 Å². The number of pyridine rings is 1. The highest BCUT2D eigenvalue weighted by molar-refractivity contribution is 6.20. The molecule has 0 atom stereocenters. The molecule has 2 aromatic rings. The van der Waals surface area contributed by atoms with Gasteiger partial charge >= 0.3 is 12.2 Å². The number of carbonyl (C=O) groups is 2. The molecule has 1 aliphatic rings. The van der Waals surface area contributed by atoms with Crippen molar-refractivity contribution in [2.24, 2.45) is 0 Å². The molecule has 2 heterocycles. The Kier molecular flexibility index (Phi) is 4.39. The van der Waals surface area contributed by atoms with Gasteiger partial charge in [-0.1, -0.05) is 12.1 Å². The first kappa shape index (κ1) is 17.8. The molecule has 0 N–H and O–H groups in total. The fraction of sp³-hybridized carbons (Fsp3) is 0.235. The summed E-state index contributed by atoms with van der Waals surface area (Å²) in [5.74, 6) is -0.993. The van der Waals surface area contributed by atoms with Gasteiger partial charge in [-0.25, -0.2) is 19.1 Å². The van der Waals surface area contributed by atoms with E-state index < -0.39 is 29.6 Å². The maximum atomic E-state index is 13.0.